The lowest BCUT2D eigenvalue weighted by molar-refractivity contribution is 0.100. The standard InChI is InChI=1S/C14H17N3O3S2/c1-22(19,20)17-7-3-4-9(8-17)11-10-5-2-6-16-14(10)21-12(11)13(15)18/h2,5-6,9H,3-4,7-8H2,1H3,(H2,15,18)/t9-/m0/s1. The van der Waals surface area contributed by atoms with E-state index >= 15 is 0 Å². The molecule has 6 nitrogen and oxygen atoms in total. The summed E-state index contributed by atoms with van der Waals surface area (Å²) < 4.78 is 25.1. The maximum Gasteiger partial charge on any atom is 0.259 e. The van der Waals surface area contributed by atoms with Gasteiger partial charge in [-0.2, -0.15) is 0 Å². The highest BCUT2D eigenvalue weighted by Crippen LogP contribution is 2.39. The number of hydrogen-bond donors (Lipinski definition) is 1. The van der Waals surface area contributed by atoms with E-state index in [-0.39, 0.29) is 5.92 Å². The van der Waals surface area contributed by atoms with Gasteiger partial charge in [-0.1, -0.05) is 6.07 Å². The van der Waals surface area contributed by atoms with Gasteiger partial charge in [-0.3, -0.25) is 4.79 Å². The van der Waals surface area contributed by atoms with Gasteiger partial charge in [0.15, 0.2) is 0 Å². The van der Waals surface area contributed by atoms with Gasteiger partial charge < -0.3 is 5.73 Å². The number of carbonyl (C=O) groups excluding carboxylic acids is 1. The number of primary amides is 1. The van der Waals surface area contributed by atoms with Crippen molar-refractivity contribution in [3.63, 3.8) is 0 Å². The molecular formula is C14H17N3O3S2. The quantitative estimate of drug-likeness (QED) is 0.918. The molecule has 2 aromatic rings. The number of sulfonamides is 1. The second-order valence-corrected chi connectivity index (χ2v) is 8.51. The summed E-state index contributed by atoms with van der Waals surface area (Å²) in [6.07, 6.45) is 4.51. The van der Waals surface area contributed by atoms with E-state index in [9.17, 15) is 13.2 Å². The number of rotatable bonds is 3. The van der Waals surface area contributed by atoms with Gasteiger partial charge in [0.1, 0.15) is 4.83 Å². The van der Waals surface area contributed by atoms with Crippen LogP contribution in [0.4, 0.5) is 0 Å². The fourth-order valence-electron chi connectivity index (χ4n) is 3.02. The highest BCUT2D eigenvalue weighted by atomic mass is 32.2. The Morgan fingerprint density at radius 2 is 2.27 bits per heavy atom. The molecule has 0 spiro atoms. The van der Waals surface area contributed by atoms with Crippen molar-refractivity contribution in [3.05, 3.63) is 28.8 Å². The van der Waals surface area contributed by atoms with Crippen molar-refractivity contribution in [2.75, 3.05) is 19.3 Å². The van der Waals surface area contributed by atoms with Gasteiger partial charge in [0.2, 0.25) is 10.0 Å². The topological polar surface area (TPSA) is 93.4 Å². The van der Waals surface area contributed by atoms with E-state index in [1.54, 1.807) is 6.20 Å². The van der Waals surface area contributed by atoms with Crippen LogP contribution in [0.1, 0.15) is 34.0 Å². The Bertz CT molecular complexity index is 829. The fourth-order valence-corrected chi connectivity index (χ4v) is 5.01. The van der Waals surface area contributed by atoms with Crippen LogP contribution in [-0.2, 0) is 10.0 Å². The molecule has 1 aliphatic heterocycles. The molecular weight excluding hydrogens is 322 g/mol. The highest BCUT2D eigenvalue weighted by molar-refractivity contribution is 7.88. The van der Waals surface area contributed by atoms with E-state index < -0.39 is 15.9 Å². The van der Waals surface area contributed by atoms with Gasteiger partial charge in [0, 0.05) is 30.6 Å². The number of nitrogens with zero attached hydrogens (tertiary/aromatic N) is 2. The lowest BCUT2D eigenvalue weighted by Gasteiger charge is -2.31. The molecule has 2 N–H and O–H groups in total. The van der Waals surface area contributed by atoms with Gasteiger partial charge >= 0.3 is 0 Å². The number of aromatic nitrogens is 1. The largest absolute Gasteiger partial charge is 0.365 e. The Kier molecular flexibility index (Phi) is 3.92. The summed E-state index contributed by atoms with van der Waals surface area (Å²) in [5, 5.41) is 0.904. The molecule has 1 fully saturated rings. The number of amides is 1. The highest BCUT2D eigenvalue weighted by Gasteiger charge is 2.31. The summed E-state index contributed by atoms with van der Waals surface area (Å²) in [7, 11) is -3.23. The predicted octanol–water partition coefficient (Wildman–Crippen LogP) is 1.53. The summed E-state index contributed by atoms with van der Waals surface area (Å²) in [4.78, 5) is 17.3. The molecule has 1 atom stereocenters. The molecule has 0 saturated carbocycles. The average Bonchev–Trinajstić information content (AvgIpc) is 2.86. The third kappa shape index (κ3) is 2.73. The van der Waals surface area contributed by atoms with E-state index in [0.29, 0.717) is 18.0 Å². The first-order valence-electron chi connectivity index (χ1n) is 7.00. The van der Waals surface area contributed by atoms with E-state index in [1.807, 2.05) is 12.1 Å². The molecule has 22 heavy (non-hydrogen) atoms. The minimum atomic E-state index is -3.23. The molecule has 0 radical (unpaired) electrons. The van der Waals surface area contributed by atoms with Crippen molar-refractivity contribution >= 4 is 37.5 Å². The first-order valence-corrected chi connectivity index (χ1v) is 9.66. The van der Waals surface area contributed by atoms with Crippen LogP contribution >= 0.6 is 11.3 Å². The van der Waals surface area contributed by atoms with Gasteiger partial charge in [0.05, 0.1) is 11.1 Å². The van der Waals surface area contributed by atoms with Crippen LogP contribution < -0.4 is 5.73 Å². The zero-order valence-electron chi connectivity index (χ0n) is 12.2. The van der Waals surface area contributed by atoms with Crippen LogP contribution in [-0.4, -0.2) is 43.0 Å². The zero-order valence-corrected chi connectivity index (χ0v) is 13.8. The van der Waals surface area contributed by atoms with Crippen LogP contribution in [0.25, 0.3) is 10.2 Å². The zero-order chi connectivity index (χ0) is 15.9. The summed E-state index contributed by atoms with van der Waals surface area (Å²) in [6.45, 7) is 0.918. The first-order chi connectivity index (χ1) is 10.4. The minimum absolute atomic E-state index is 0.0241. The third-order valence-electron chi connectivity index (χ3n) is 3.99. The van der Waals surface area contributed by atoms with Crippen LogP contribution in [0.15, 0.2) is 18.3 Å². The first kappa shape index (κ1) is 15.4. The van der Waals surface area contributed by atoms with Crippen molar-refractivity contribution in [1.29, 1.82) is 0 Å². The number of piperidine rings is 1. The van der Waals surface area contributed by atoms with Crippen molar-refractivity contribution in [3.8, 4) is 0 Å². The summed E-state index contributed by atoms with van der Waals surface area (Å²) in [6, 6.07) is 3.74. The normalized spacial score (nSPS) is 20.3. The van der Waals surface area contributed by atoms with Crippen molar-refractivity contribution < 1.29 is 13.2 Å². The molecule has 3 rings (SSSR count). The Balaban J connectivity index is 2.09. The second kappa shape index (κ2) is 5.60. The maximum atomic E-state index is 11.8. The van der Waals surface area contributed by atoms with Crippen molar-refractivity contribution in [2.45, 2.75) is 18.8 Å². The smallest absolute Gasteiger partial charge is 0.259 e. The molecule has 118 valence electrons. The number of carbonyl (C=O) groups is 1. The molecule has 3 heterocycles. The van der Waals surface area contributed by atoms with Gasteiger partial charge in [-0.25, -0.2) is 17.7 Å². The number of nitrogens with two attached hydrogens (primary N) is 1. The van der Waals surface area contributed by atoms with E-state index in [0.717, 1.165) is 28.6 Å². The van der Waals surface area contributed by atoms with Crippen LogP contribution in [0.3, 0.4) is 0 Å². The van der Waals surface area contributed by atoms with E-state index in [4.69, 9.17) is 5.73 Å². The summed E-state index contributed by atoms with van der Waals surface area (Å²) in [5.41, 5.74) is 6.37. The molecule has 0 aromatic carbocycles. The van der Waals surface area contributed by atoms with Crippen LogP contribution in [0, 0.1) is 0 Å². The lowest BCUT2D eigenvalue weighted by Crippen LogP contribution is -2.38. The van der Waals surface area contributed by atoms with E-state index in [1.165, 1.54) is 21.9 Å². The molecule has 2 aromatic heterocycles. The molecule has 1 amide bonds. The molecule has 0 aliphatic carbocycles. The number of pyridine rings is 1. The minimum Gasteiger partial charge on any atom is -0.365 e. The maximum absolute atomic E-state index is 11.8. The Morgan fingerprint density at radius 3 is 2.95 bits per heavy atom. The number of thiophene rings is 1. The lowest BCUT2D eigenvalue weighted by atomic mass is 9.90. The molecule has 0 bridgehead atoms. The average molecular weight is 339 g/mol. The van der Waals surface area contributed by atoms with Crippen LogP contribution in [0.5, 0.6) is 0 Å². The number of hydrogen-bond acceptors (Lipinski definition) is 5. The van der Waals surface area contributed by atoms with Gasteiger partial charge in [0.25, 0.3) is 5.91 Å². The molecule has 8 heteroatoms. The fraction of sp³-hybridized carbons (Fsp3) is 0.429. The predicted molar refractivity (Wildman–Crippen MR) is 86.5 cm³/mol. The van der Waals surface area contributed by atoms with Gasteiger partial charge in [-0.05, 0) is 24.5 Å². The van der Waals surface area contributed by atoms with Crippen molar-refractivity contribution in [1.82, 2.24) is 9.29 Å². The Labute approximate surface area is 133 Å². The summed E-state index contributed by atoms with van der Waals surface area (Å²) in [5.74, 6) is -0.501. The Hall–Kier alpha value is -1.51. The monoisotopic (exact) mass is 339 g/mol. The summed E-state index contributed by atoms with van der Waals surface area (Å²) >= 11 is 1.28. The molecule has 0 unspecified atom stereocenters. The Morgan fingerprint density at radius 1 is 1.50 bits per heavy atom. The molecule has 1 saturated heterocycles. The SMILES string of the molecule is CS(=O)(=O)N1CCC[C@H](c2c(C(N)=O)sc3ncccc23)C1. The number of fused-ring (bicyclic) bond motifs is 1. The molecule has 1 aliphatic rings. The third-order valence-corrected chi connectivity index (χ3v) is 6.40. The van der Waals surface area contributed by atoms with Crippen molar-refractivity contribution in [2.24, 2.45) is 5.73 Å². The van der Waals surface area contributed by atoms with Gasteiger partial charge in [-0.15, -0.1) is 11.3 Å². The second-order valence-electron chi connectivity index (χ2n) is 5.53. The van der Waals surface area contributed by atoms with E-state index in [2.05, 4.69) is 4.98 Å². The van der Waals surface area contributed by atoms with Crippen LogP contribution in [0.2, 0.25) is 0 Å².